The van der Waals surface area contributed by atoms with Crippen LogP contribution in [-0.4, -0.2) is 80.9 Å². The van der Waals surface area contributed by atoms with E-state index in [1.807, 2.05) is 43.9 Å². The average molecular weight is 568 g/mol. The third kappa shape index (κ3) is 4.91. The number of hydrogen-bond donors (Lipinski definition) is 1. The molecule has 218 valence electrons. The number of unbranched alkanes of at least 4 members (excludes halogenated alkanes) is 1. The zero-order valence-corrected chi connectivity index (χ0v) is 25.3. The normalized spacial score (nSPS) is 28.5. The number of carbonyl (C=O) groups is 3. The molecule has 0 aromatic heterocycles. The molecule has 8 heteroatoms. The second kappa shape index (κ2) is 12.1. The predicted octanol–water partition coefficient (Wildman–Crippen LogP) is 4.50. The van der Waals surface area contributed by atoms with Gasteiger partial charge in [-0.1, -0.05) is 37.3 Å². The maximum absolute atomic E-state index is 14.8. The van der Waals surface area contributed by atoms with Gasteiger partial charge < -0.3 is 19.8 Å². The summed E-state index contributed by atoms with van der Waals surface area (Å²) < 4.78 is -1.09. The number of carbonyl (C=O) groups excluding carboxylic acids is 3. The molecule has 0 aliphatic carbocycles. The van der Waals surface area contributed by atoms with Crippen molar-refractivity contribution in [3.05, 3.63) is 54.6 Å². The van der Waals surface area contributed by atoms with Crippen molar-refractivity contribution in [2.75, 3.05) is 37.7 Å². The SMILES string of the molecule is C=CCN(CCC)C(=O)[C@H]1[C@H]2C(=O)N(CCCCO)C(C(=O)N(CC=C)c3c(C)cccc3C)C23CC[C@]1(C)S3. The van der Waals surface area contributed by atoms with E-state index in [9.17, 15) is 19.5 Å². The van der Waals surface area contributed by atoms with E-state index in [2.05, 4.69) is 20.1 Å². The molecule has 3 fully saturated rings. The molecule has 1 N–H and O–H groups in total. The van der Waals surface area contributed by atoms with E-state index in [1.54, 1.807) is 33.7 Å². The minimum atomic E-state index is -0.689. The number of anilines is 1. The Morgan fingerprint density at radius 3 is 2.40 bits per heavy atom. The molecular formula is C32H45N3O4S. The standard InChI is InChI=1S/C32H45N3O4S/c1-7-17-33(18-8-2)28(37)24-25-29(38)35(20-10-11-21-36)27(32(25)16-15-31(24,6)40-32)30(39)34(19-9-3)26-22(4)13-12-14-23(26)5/h7,9,12-14,24-25,27,36H,1,3,8,10-11,15-21H2,2,4-6H3/t24-,25+,27?,31+,32?/m1/s1. The topological polar surface area (TPSA) is 81.2 Å². The molecule has 3 saturated heterocycles. The molecule has 1 spiro atoms. The molecule has 0 saturated carbocycles. The van der Waals surface area contributed by atoms with E-state index >= 15 is 0 Å². The quantitative estimate of drug-likeness (QED) is 0.280. The Morgan fingerprint density at radius 2 is 1.80 bits per heavy atom. The lowest BCUT2D eigenvalue weighted by Crippen LogP contribution is -2.55. The molecule has 5 atom stereocenters. The molecule has 3 amide bonds. The van der Waals surface area contributed by atoms with Gasteiger partial charge in [-0.3, -0.25) is 14.4 Å². The Balaban J connectivity index is 1.82. The van der Waals surface area contributed by atoms with Gasteiger partial charge in [0.1, 0.15) is 6.04 Å². The fourth-order valence-electron chi connectivity index (χ4n) is 7.43. The van der Waals surface area contributed by atoms with Gasteiger partial charge in [0, 0.05) is 43.2 Å². The molecule has 3 aliphatic heterocycles. The van der Waals surface area contributed by atoms with Crippen LogP contribution in [0.5, 0.6) is 0 Å². The van der Waals surface area contributed by atoms with E-state index in [4.69, 9.17) is 0 Å². The molecule has 1 aromatic rings. The van der Waals surface area contributed by atoms with Crippen molar-refractivity contribution < 1.29 is 19.5 Å². The summed E-state index contributed by atoms with van der Waals surface area (Å²) in [5, 5.41) is 9.47. The molecule has 1 aromatic carbocycles. The Kier molecular flexibility index (Phi) is 9.20. The Bertz CT molecular complexity index is 1150. The summed E-state index contributed by atoms with van der Waals surface area (Å²) >= 11 is 1.71. The number of fused-ring (bicyclic) bond motifs is 1. The number of hydrogen-bond acceptors (Lipinski definition) is 5. The van der Waals surface area contributed by atoms with Crippen LogP contribution in [-0.2, 0) is 14.4 Å². The predicted molar refractivity (Wildman–Crippen MR) is 162 cm³/mol. The molecule has 3 heterocycles. The zero-order chi connectivity index (χ0) is 29.2. The van der Waals surface area contributed by atoms with Crippen molar-refractivity contribution >= 4 is 35.2 Å². The highest BCUT2D eigenvalue weighted by atomic mass is 32.2. The molecule has 40 heavy (non-hydrogen) atoms. The minimum Gasteiger partial charge on any atom is -0.396 e. The zero-order valence-electron chi connectivity index (χ0n) is 24.5. The lowest BCUT2D eigenvalue weighted by Gasteiger charge is -2.38. The number of nitrogens with zero attached hydrogens (tertiary/aromatic N) is 3. The number of aryl methyl sites for hydroxylation is 2. The highest BCUT2D eigenvalue weighted by molar-refractivity contribution is 8.02. The van der Waals surface area contributed by atoms with Gasteiger partial charge >= 0.3 is 0 Å². The summed E-state index contributed by atoms with van der Waals surface area (Å²) in [5.74, 6) is -1.26. The van der Waals surface area contributed by atoms with Gasteiger partial charge in [-0.05, 0) is 64.0 Å². The van der Waals surface area contributed by atoms with Crippen LogP contribution in [0.1, 0.15) is 57.1 Å². The van der Waals surface area contributed by atoms with Crippen molar-refractivity contribution in [1.82, 2.24) is 9.80 Å². The van der Waals surface area contributed by atoms with Crippen molar-refractivity contribution in [2.45, 2.75) is 75.3 Å². The van der Waals surface area contributed by atoms with Gasteiger partial charge in [0.2, 0.25) is 11.8 Å². The largest absolute Gasteiger partial charge is 0.396 e. The fourth-order valence-corrected chi connectivity index (χ4v) is 9.77. The third-order valence-corrected chi connectivity index (χ3v) is 11.0. The monoisotopic (exact) mass is 567 g/mol. The molecule has 2 unspecified atom stereocenters. The number of para-hydroxylation sites is 1. The van der Waals surface area contributed by atoms with Crippen LogP contribution in [0.4, 0.5) is 5.69 Å². The van der Waals surface area contributed by atoms with Gasteiger partial charge in [-0.25, -0.2) is 0 Å². The second-order valence-electron chi connectivity index (χ2n) is 11.7. The summed E-state index contributed by atoms with van der Waals surface area (Å²) in [6.07, 6.45) is 6.94. The van der Waals surface area contributed by atoms with Crippen molar-refractivity contribution in [3.63, 3.8) is 0 Å². The molecule has 7 nitrogen and oxygen atoms in total. The highest BCUT2D eigenvalue weighted by Crippen LogP contribution is 2.71. The Hall–Kier alpha value is -2.58. The van der Waals surface area contributed by atoms with Crippen molar-refractivity contribution in [1.29, 1.82) is 0 Å². The lowest BCUT2D eigenvalue weighted by molar-refractivity contribution is -0.145. The van der Waals surface area contributed by atoms with Gasteiger partial charge in [-0.15, -0.1) is 24.9 Å². The van der Waals surface area contributed by atoms with E-state index in [-0.39, 0.29) is 24.3 Å². The second-order valence-corrected chi connectivity index (χ2v) is 13.6. The molecule has 3 aliphatic rings. The third-order valence-electron chi connectivity index (χ3n) is 9.03. The summed E-state index contributed by atoms with van der Waals surface area (Å²) in [7, 11) is 0. The average Bonchev–Trinajstić information content (AvgIpc) is 3.48. The van der Waals surface area contributed by atoms with Gasteiger partial charge in [0.15, 0.2) is 0 Å². The molecule has 0 radical (unpaired) electrons. The van der Waals surface area contributed by atoms with E-state index in [0.717, 1.165) is 29.7 Å². The first-order valence-corrected chi connectivity index (χ1v) is 15.4. The van der Waals surface area contributed by atoms with Crippen LogP contribution in [0.3, 0.4) is 0 Å². The van der Waals surface area contributed by atoms with Gasteiger partial charge in [0.05, 0.1) is 16.6 Å². The number of likely N-dealkylation sites (tertiary alicyclic amines) is 1. The fraction of sp³-hybridized carbons (Fsp3) is 0.594. The molecular weight excluding hydrogens is 522 g/mol. The first kappa shape index (κ1) is 30.4. The molecule has 2 bridgehead atoms. The van der Waals surface area contributed by atoms with Gasteiger partial charge in [-0.2, -0.15) is 0 Å². The number of aliphatic hydroxyl groups is 1. The van der Waals surface area contributed by atoms with E-state index in [1.165, 1.54) is 0 Å². The van der Waals surface area contributed by atoms with Crippen LogP contribution in [0.2, 0.25) is 0 Å². The smallest absolute Gasteiger partial charge is 0.251 e. The van der Waals surface area contributed by atoms with Crippen molar-refractivity contribution in [3.8, 4) is 0 Å². The maximum atomic E-state index is 14.8. The number of benzene rings is 1. The first-order chi connectivity index (χ1) is 19.1. The summed E-state index contributed by atoms with van der Waals surface area (Å²) in [5.41, 5.74) is 2.83. The number of aliphatic hydroxyl groups excluding tert-OH is 1. The molecule has 4 rings (SSSR count). The van der Waals surface area contributed by atoms with E-state index < -0.39 is 27.4 Å². The van der Waals surface area contributed by atoms with Crippen molar-refractivity contribution in [2.24, 2.45) is 11.8 Å². The van der Waals surface area contributed by atoms with E-state index in [0.29, 0.717) is 45.4 Å². The van der Waals surface area contributed by atoms with Gasteiger partial charge in [0.25, 0.3) is 5.91 Å². The van der Waals surface area contributed by atoms with Crippen LogP contribution >= 0.6 is 11.8 Å². The van der Waals surface area contributed by atoms with Crippen LogP contribution < -0.4 is 4.90 Å². The Morgan fingerprint density at radius 1 is 1.12 bits per heavy atom. The summed E-state index contributed by atoms with van der Waals surface area (Å²) in [4.78, 5) is 48.7. The minimum absolute atomic E-state index is 0.00206. The van der Waals surface area contributed by atoms with Crippen LogP contribution in [0, 0.1) is 25.7 Å². The number of thioether (sulfide) groups is 1. The highest BCUT2D eigenvalue weighted by Gasteiger charge is 2.77. The van der Waals surface area contributed by atoms with Crippen LogP contribution in [0.15, 0.2) is 43.5 Å². The lowest BCUT2D eigenvalue weighted by atomic mass is 9.66. The summed E-state index contributed by atoms with van der Waals surface area (Å²) in [6.45, 7) is 17.7. The number of rotatable bonds is 13. The maximum Gasteiger partial charge on any atom is 0.251 e. The number of amides is 3. The Labute approximate surface area is 243 Å². The summed E-state index contributed by atoms with van der Waals surface area (Å²) in [6, 6.07) is 5.29. The first-order valence-electron chi connectivity index (χ1n) is 14.6. The van der Waals surface area contributed by atoms with Crippen LogP contribution in [0.25, 0.3) is 0 Å².